The molecule has 1 atom stereocenters. The van der Waals surface area contributed by atoms with Gasteiger partial charge < -0.3 is 5.32 Å². The van der Waals surface area contributed by atoms with Crippen molar-refractivity contribution in [1.29, 1.82) is 0 Å². The van der Waals surface area contributed by atoms with Crippen molar-refractivity contribution in [2.75, 3.05) is 16.0 Å². The molecule has 1 aliphatic rings. The summed E-state index contributed by atoms with van der Waals surface area (Å²) in [5, 5.41) is 3.38. The number of halogens is 1. The molecular formula is C24H21ClN2O2S. The number of rotatable bonds is 4. The van der Waals surface area contributed by atoms with E-state index in [1.165, 1.54) is 5.56 Å². The second-order valence-corrected chi connectivity index (χ2v) is 8.79. The molecule has 3 aromatic rings. The zero-order valence-electron chi connectivity index (χ0n) is 16.7. The first-order chi connectivity index (χ1) is 14.4. The lowest BCUT2D eigenvalue weighted by Crippen LogP contribution is -2.28. The van der Waals surface area contributed by atoms with Crippen LogP contribution in [-0.4, -0.2) is 17.6 Å². The molecule has 0 aliphatic carbocycles. The number of carbonyl (C=O) groups excluding carboxylic acids is 2. The van der Waals surface area contributed by atoms with E-state index in [1.807, 2.05) is 41.3 Å². The van der Waals surface area contributed by atoms with Gasteiger partial charge in [0.15, 0.2) is 0 Å². The SMILES string of the molecule is Cc1ccc(N2C(=O)CSC2c2cccc(NC(=O)c3ccc(Cl)cc3)c2)cc1C. The van der Waals surface area contributed by atoms with Crippen molar-refractivity contribution in [3.8, 4) is 0 Å². The number of hydrogen-bond acceptors (Lipinski definition) is 3. The van der Waals surface area contributed by atoms with E-state index in [4.69, 9.17) is 11.6 Å². The quantitative estimate of drug-likeness (QED) is 0.546. The van der Waals surface area contributed by atoms with E-state index in [1.54, 1.807) is 36.0 Å². The maximum absolute atomic E-state index is 12.7. The highest BCUT2D eigenvalue weighted by Crippen LogP contribution is 2.42. The minimum atomic E-state index is -0.204. The van der Waals surface area contributed by atoms with E-state index in [0.29, 0.717) is 22.0 Å². The van der Waals surface area contributed by atoms with Crippen molar-refractivity contribution in [3.05, 3.63) is 94.0 Å². The van der Waals surface area contributed by atoms with Crippen LogP contribution in [0.4, 0.5) is 11.4 Å². The molecule has 0 bridgehead atoms. The van der Waals surface area contributed by atoms with Gasteiger partial charge in [0.25, 0.3) is 5.91 Å². The lowest BCUT2D eigenvalue weighted by molar-refractivity contribution is -0.115. The van der Waals surface area contributed by atoms with Crippen LogP contribution in [-0.2, 0) is 4.79 Å². The average Bonchev–Trinajstić information content (AvgIpc) is 3.12. The van der Waals surface area contributed by atoms with Crippen LogP contribution in [0, 0.1) is 13.8 Å². The van der Waals surface area contributed by atoms with Crippen LogP contribution in [0.2, 0.25) is 5.02 Å². The van der Waals surface area contributed by atoms with Gasteiger partial charge in [0.05, 0.1) is 5.75 Å². The van der Waals surface area contributed by atoms with Crippen LogP contribution in [0.25, 0.3) is 0 Å². The Morgan fingerprint density at radius 2 is 1.80 bits per heavy atom. The van der Waals surface area contributed by atoms with Gasteiger partial charge in [-0.05, 0) is 79.1 Å². The van der Waals surface area contributed by atoms with E-state index < -0.39 is 0 Å². The first-order valence-electron chi connectivity index (χ1n) is 9.60. The van der Waals surface area contributed by atoms with Crippen LogP contribution in [0.15, 0.2) is 66.7 Å². The molecule has 1 heterocycles. The number of nitrogens with zero attached hydrogens (tertiary/aromatic N) is 1. The monoisotopic (exact) mass is 436 g/mol. The largest absolute Gasteiger partial charge is 0.322 e. The van der Waals surface area contributed by atoms with Crippen molar-refractivity contribution in [2.45, 2.75) is 19.2 Å². The molecule has 6 heteroatoms. The van der Waals surface area contributed by atoms with Crippen LogP contribution >= 0.6 is 23.4 Å². The van der Waals surface area contributed by atoms with E-state index >= 15 is 0 Å². The van der Waals surface area contributed by atoms with Gasteiger partial charge in [0, 0.05) is 22.0 Å². The Kier molecular flexibility index (Phi) is 5.84. The van der Waals surface area contributed by atoms with Crippen LogP contribution in [0.5, 0.6) is 0 Å². The lowest BCUT2D eigenvalue weighted by Gasteiger charge is -2.25. The summed E-state index contributed by atoms with van der Waals surface area (Å²) in [5.41, 5.74) is 5.44. The zero-order chi connectivity index (χ0) is 21.3. The fourth-order valence-corrected chi connectivity index (χ4v) is 4.69. The Morgan fingerprint density at radius 1 is 1.03 bits per heavy atom. The third-order valence-corrected chi connectivity index (χ3v) is 6.64. The summed E-state index contributed by atoms with van der Waals surface area (Å²) in [4.78, 5) is 27.0. The highest BCUT2D eigenvalue weighted by Gasteiger charge is 2.34. The van der Waals surface area contributed by atoms with Crippen molar-refractivity contribution < 1.29 is 9.59 Å². The van der Waals surface area contributed by atoms with Crippen molar-refractivity contribution in [2.24, 2.45) is 0 Å². The van der Waals surface area contributed by atoms with Gasteiger partial charge in [0.2, 0.25) is 5.91 Å². The highest BCUT2D eigenvalue weighted by molar-refractivity contribution is 8.00. The molecule has 152 valence electrons. The third-order valence-electron chi connectivity index (χ3n) is 5.17. The predicted molar refractivity (Wildman–Crippen MR) is 124 cm³/mol. The molecule has 1 aliphatic heterocycles. The number of carbonyl (C=O) groups is 2. The number of thioether (sulfide) groups is 1. The Hall–Kier alpha value is -2.76. The number of aryl methyl sites for hydroxylation is 2. The number of amides is 2. The predicted octanol–water partition coefficient (Wildman–Crippen LogP) is 5.99. The molecule has 1 saturated heterocycles. The summed E-state index contributed by atoms with van der Waals surface area (Å²) >= 11 is 7.49. The molecule has 30 heavy (non-hydrogen) atoms. The van der Waals surface area contributed by atoms with Crippen molar-refractivity contribution in [3.63, 3.8) is 0 Å². The summed E-state index contributed by atoms with van der Waals surface area (Å²) in [7, 11) is 0. The Bertz CT molecular complexity index is 1110. The smallest absolute Gasteiger partial charge is 0.255 e. The normalized spacial score (nSPS) is 16.0. The van der Waals surface area contributed by atoms with E-state index in [-0.39, 0.29) is 17.2 Å². The molecular weight excluding hydrogens is 416 g/mol. The highest BCUT2D eigenvalue weighted by atomic mass is 35.5. The number of nitrogens with one attached hydrogen (secondary N) is 1. The van der Waals surface area contributed by atoms with E-state index in [2.05, 4.69) is 25.2 Å². The molecule has 2 amide bonds. The van der Waals surface area contributed by atoms with Crippen molar-refractivity contribution in [1.82, 2.24) is 0 Å². The topological polar surface area (TPSA) is 49.4 Å². The molecule has 4 rings (SSSR count). The minimum Gasteiger partial charge on any atom is -0.322 e. The maximum Gasteiger partial charge on any atom is 0.255 e. The van der Waals surface area contributed by atoms with Gasteiger partial charge in [-0.1, -0.05) is 29.8 Å². The maximum atomic E-state index is 12.7. The number of benzene rings is 3. The van der Waals surface area contributed by atoms with Crippen LogP contribution < -0.4 is 10.2 Å². The second kappa shape index (κ2) is 8.54. The minimum absolute atomic E-state index is 0.0869. The standard InChI is InChI=1S/C24H21ClN2O2S/c1-15-6-11-21(12-16(15)2)27-22(28)14-30-24(27)18-4-3-5-20(13-18)26-23(29)17-7-9-19(25)10-8-17/h3-13,24H,14H2,1-2H3,(H,26,29). The Balaban J connectivity index is 1.59. The molecule has 3 aromatic carbocycles. The molecule has 0 saturated carbocycles. The zero-order valence-corrected chi connectivity index (χ0v) is 18.3. The summed E-state index contributed by atoms with van der Waals surface area (Å²) < 4.78 is 0. The van der Waals surface area contributed by atoms with E-state index in [9.17, 15) is 9.59 Å². The number of anilines is 2. The molecule has 1 unspecified atom stereocenters. The van der Waals surface area contributed by atoms with Crippen LogP contribution in [0.1, 0.15) is 32.4 Å². The number of hydrogen-bond donors (Lipinski definition) is 1. The molecule has 4 nitrogen and oxygen atoms in total. The van der Waals surface area contributed by atoms with Gasteiger partial charge in [-0.3, -0.25) is 14.5 Å². The fourth-order valence-electron chi connectivity index (χ4n) is 3.40. The fraction of sp³-hybridized carbons (Fsp3) is 0.167. The second-order valence-electron chi connectivity index (χ2n) is 7.28. The average molecular weight is 437 g/mol. The first kappa shape index (κ1) is 20.5. The van der Waals surface area contributed by atoms with Gasteiger partial charge in [-0.25, -0.2) is 0 Å². The first-order valence-corrected chi connectivity index (χ1v) is 11.0. The summed E-state index contributed by atoms with van der Waals surface area (Å²) in [6, 6.07) is 20.5. The molecule has 0 aromatic heterocycles. The van der Waals surface area contributed by atoms with Crippen molar-refractivity contribution >= 4 is 46.6 Å². The van der Waals surface area contributed by atoms with Gasteiger partial charge in [0.1, 0.15) is 5.37 Å². The Labute approximate surface area is 185 Å². The summed E-state index contributed by atoms with van der Waals surface area (Å²) in [6.07, 6.45) is 0. The molecule has 0 radical (unpaired) electrons. The van der Waals surface area contributed by atoms with E-state index in [0.717, 1.165) is 16.8 Å². The summed E-state index contributed by atoms with van der Waals surface area (Å²) in [5.74, 6) is 0.313. The lowest BCUT2D eigenvalue weighted by atomic mass is 10.1. The van der Waals surface area contributed by atoms with Crippen LogP contribution in [0.3, 0.4) is 0 Å². The van der Waals surface area contributed by atoms with Gasteiger partial charge in [-0.2, -0.15) is 0 Å². The van der Waals surface area contributed by atoms with Gasteiger partial charge >= 0.3 is 0 Å². The molecule has 0 spiro atoms. The summed E-state index contributed by atoms with van der Waals surface area (Å²) in [6.45, 7) is 4.11. The third kappa shape index (κ3) is 4.23. The molecule has 1 N–H and O–H groups in total. The molecule has 1 fully saturated rings. The van der Waals surface area contributed by atoms with Gasteiger partial charge in [-0.15, -0.1) is 11.8 Å². The Morgan fingerprint density at radius 3 is 2.53 bits per heavy atom.